The summed E-state index contributed by atoms with van der Waals surface area (Å²) in [4.78, 5) is 28.8. The molecule has 0 radical (unpaired) electrons. The summed E-state index contributed by atoms with van der Waals surface area (Å²) in [7, 11) is 0. The molecule has 0 atom stereocenters. The summed E-state index contributed by atoms with van der Waals surface area (Å²) in [5.74, 6) is 0.193. The molecule has 31 heavy (non-hydrogen) atoms. The van der Waals surface area contributed by atoms with Gasteiger partial charge in [-0.1, -0.05) is 30.3 Å². The van der Waals surface area contributed by atoms with E-state index in [2.05, 4.69) is 10.3 Å². The van der Waals surface area contributed by atoms with Crippen molar-refractivity contribution in [2.45, 2.75) is 6.42 Å². The summed E-state index contributed by atoms with van der Waals surface area (Å²) in [5, 5.41) is 9.39. The number of esters is 1. The van der Waals surface area contributed by atoms with E-state index in [9.17, 15) is 9.59 Å². The summed E-state index contributed by atoms with van der Waals surface area (Å²) < 4.78 is 10.9. The minimum atomic E-state index is -0.508. The number of hydrogen-bond donors (Lipinski definition) is 1. The third-order valence-electron chi connectivity index (χ3n) is 4.14. The minimum Gasteiger partial charge on any atom is -0.455 e. The molecule has 1 amide bonds. The Kier molecular flexibility index (Phi) is 6.71. The lowest BCUT2D eigenvalue weighted by Crippen LogP contribution is -2.22. The predicted octanol–water partition coefficient (Wildman–Crippen LogP) is 5.39. The zero-order chi connectivity index (χ0) is 21.5. The van der Waals surface area contributed by atoms with Crippen molar-refractivity contribution in [1.82, 2.24) is 4.98 Å². The fourth-order valence-corrected chi connectivity index (χ4v) is 4.24. The molecule has 0 saturated carbocycles. The van der Waals surface area contributed by atoms with Crippen LogP contribution < -0.4 is 10.1 Å². The normalized spacial score (nSPS) is 10.5. The number of thiazole rings is 1. The van der Waals surface area contributed by atoms with Gasteiger partial charge in [0.2, 0.25) is 0 Å². The molecule has 1 N–H and O–H groups in total. The summed E-state index contributed by atoms with van der Waals surface area (Å²) >= 11 is 3.06. The second-order valence-electron chi connectivity index (χ2n) is 6.45. The maximum atomic E-state index is 12.3. The number of amides is 1. The molecule has 2 aromatic heterocycles. The molecule has 0 spiro atoms. The average Bonchev–Trinajstić information content (AvgIpc) is 3.47. The number of aromatic nitrogens is 1. The van der Waals surface area contributed by atoms with E-state index in [1.807, 2.05) is 58.6 Å². The van der Waals surface area contributed by atoms with Crippen LogP contribution in [-0.2, 0) is 20.7 Å². The molecule has 0 aliphatic rings. The zero-order valence-corrected chi connectivity index (χ0v) is 17.9. The Balaban J connectivity index is 1.29. The average molecular weight is 451 g/mol. The molecule has 0 aliphatic heterocycles. The lowest BCUT2D eigenvalue weighted by atomic mass is 10.3. The summed E-state index contributed by atoms with van der Waals surface area (Å²) in [6, 6.07) is 18.3. The van der Waals surface area contributed by atoms with Crippen LogP contribution in [0.2, 0.25) is 0 Å². The van der Waals surface area contributed by atoms with Gasteiger partial charge in [0.25, 0.3) is 5.91 Å². The molecular formula is C23H18N2O4S2. The van der Waals surface area contributed by atoms with Crippen LogP contribution in [0.1, 0.15) is 5.69 Å². The Labute approximate surface area is 187 Å². The smallest absolute Gasteiger partial charge is 0.312 e. The number of nitrogens with one attached hydrogen (secondary N) is 1. The van der Waals surface area contributed by atoms with Crippen LogP contribution in [0.4, 0.5) is 5.69 Å². The third-order valence-corrected chi connectivity index (χ3v) is 5.77. The number of benzene rings is 2. The third kappa shape index (κ3) is 5.78. The molecule has 0 aliphatic carbocycles. The first kappa shape index (κ1) is 20.8. The van der Waals surface area contributed by atoms with Gasteiger partial charge in [-0.05, 0) is 35.7 Å². The predicted molar refractivity (Wildman–Crippen MR) is 122 cm³/mol. The largest absolute Gasteiger partial charge is 0.455 e. The Hall–Kier alpha value is -3.49. The number of carbonyl (C=O) groups excluding carboxylic acids is 2. The van der Waals surface area contributed by atoms with Gasteiger partial charge in [0.05, 0.1) is 17.8 Å². The van der Waals surface area contributed by atoms with Crippen molar-refractivity contribution >= 4 is 40.2 Å². The quantitative estimate of drug-likeness (QED) is 0.364. The number of ether oxygens (including phenoxy) is 2. The molecule has 156 valence electrons. The van der Waals surface area contributed by atoms with E-state index in [0.717, 1.165) is 10.6 Å². The first-order valence-corrected chi connectivity index (χ1v) is 11.2. The Morgan fingerprint density at radius 1 is 0.968 bits per heavy atom. The highest BCUT2D eigenvalue weighted by molar-refractivity contribution is 7.14. The van der Waals surface area contributed by atoms with Crippen molar-refractivity contribution in [2.24, 2.45) is 0 Å². The molecule has 6 nitrogen and oxygen atoms in total. The second-order valence-corrected chi connectivity index (χ2v) is 8.09. The molecule has 0 saturated heterocycles. The second kappa shape index (κ2) is 10.0. The van der Waals surface area contributed by atoms with Crippen LogP contribution in [0.5, 0.6) is 11.5 Å². The van der Waals surface area contributed by atoms with Crippen LogP contribution in [0.15, 0.2) is 76.8 Å². The van der Waals surface area contributed by atoms with Gasteiger partial charge in [0.1, 0.15) is 10.8 Å². The van der Waals surface area contributed by atoms with Gasteiger partial charge in [-0.25, -0.2) is 4.98 Å². The van der Waals surface area contributed by atoms with Crippen molar-refractivity contribution in [2.75, 3.05) is 11.9 Å². The minimum absolute atomic E-state index is 0.0155. The van der Waals surface area contributed by atoms with E-state index in [1.54, 1.807) is 29.5 Å². The first-order valence-electron chi connectivity index (χ1n) is 9.42. The molecule has 0 unspecified atom stereocenters. The Morgan fingerprint density at radius 3 is 2.58 bits per heavy atom. The number of rotatable bonds is 8. The van der Waals surface area contributed by atoms with Gasteiger partial charge in [0.15, 0.2) is 12.4 Å². The lowest BCUT2D eigenvalue weighted by molar-refractivity contribution is -0.146. The molecule has 2 aromatic carbocycles. The van der Waals surface area contributed by atoms with Crippen LogP contribution >= 0.6 is 22.7 Å². The topological polar surface area (TPSA) is 77.5 Å². The lowest BCUT2D eigenvalue weighted by Gasteiger charge is -2.12. The van der Waals surface area contributed by atoms with Gasteiger partial charge >= 0.3 is 5.97 Å². The van der Waals surface area contributed by atoms with Crippen molar-refractivity contribution in [3.8, 4) is 22.1 Å². The van der Waals surface area contributed by atoms with E-state index < -0.39 is 11.9 Å². The highest BCUT2D eigenvalue weighted by atomic mass is 32.1. The van der Waals surface area contributed by atoms with Crippen molar-refractivity contribution in [3.63, 3.8) is 0 Å². The molecule has 4 aromatic rings. The Bertz CT molecular complexity index is 1160. The fourth-order valence-electron chi connectivity index (χ4n) is 2.71. The van der Waals surface area contributed by atoms with E-state index >= 15 is 0 Å². The van der Waals surface area contributed by atoms with Gasteiger partial charge in [-0.15, -0.1) is 11.3 Å². The zero-order valence-electron chi connectivity index (χ0n) is 16.3. The number of nitrogens with zero attached hydrogens (tertiary/aromatic N) is 1. The molecule has 0 fully saturated rings. The number of thiophene rings is 1. The van der Waals surface area contributed by atoms with Crippen molar-refractivity contribution in [1.29, 1.82) is 0 Å². The highest BCUT2D eigenvalue weighted by Gasteiger charge is 2.14. The Morgan fingerprint density at radius 2 is 1.77 bits per heavy atom. The summed E-state index contributed by atoms with van der Waals surface area (Å²) in [6.07, 6.45) is 0.0155. The molecular weight excluding hydrogens is 432 g/mol. The standard InChI is InChI=1S/C23H18N2O4S2/c26-21(25-19-8-4-5-9-20(19)29-18-6-2-1-3-7-18)13-28-22(27)12-17-15-31-23(24-17)16-10-11-30-14-16/h1-11,14-15H,12-13H2,(H,25,26). The van der Waals surface area contributed by atoms with Gasteiger partial charge < -0.3 is 14.8 Å². The number of para-hydroxylation sites is 3. The molecule has 8 heteroatoms. The monoisotopic (exact) mass is 450 g/mol. The van der Waals surface area contributed by atoms with Gasteiger partial charge in [-0.3, -0.25) is 9.59 Å². The van der Waals surface area contributed by atoms with Crippen LogP contribution in [0, 0.1) is 0 Å². The maximum absolute atomic E-state index is 12.3. The maximum Gasteiger partial charge on any atom is 0.312 e. The van der Waals surface area contributed by atoms with E-state index in [1.165, 1.54) is 11.3 Å². The van der Waals surface area contributed by atoms with E-state index in [0.29, 0.717) is 22.9 Å². The van der Waals surface area contributed by atoms with Gasteiger partial charge in [0, 0.05) is 16.3 Å². The number of hydrogen-bond acceptors (Lipinski definition) is 7. The molecule has 2 heterocycles. The fraction of sp³-hybridized carbons (Fsp3) is 0.0870. The first-order chi connectivity index (χ1) is 15.2. The van der Waals surface area contributed by atoms with Crippen LogP contribution in [0.25, 0.3) is 10.6 Å². The van der Waals surface area contributed by atoms with Crippen LogP contribution in [-0.4, -0.2) is 23.5 Å². The molecule has 0 bridgehead atoms. The number of carbonyl (C=O) groups is 2. The van der Waals surface area contributed by atoms with E-state index in [-0.39, 0.29) is 13.0 Å². The van der Waals surface area contributed by atoms with E-state index in [4.69, 9.17) is 9.47 Å². The van der Waals surface area contributed by atoms with Crippen molar-refractivity contribution in [3.05, 3.63) is 82.5 Å². The highest BCUT2D eigenvalue weighted by Crippen LogP contribution is 2.29. The SMILES string of the molecule is O=C(COC(=O)Cc1csc(-c2ccsc2)n1)Nc1ccccc1Oc1ccccc1. The molecule has 4 rings (SSSR count). The summed E-state index contributed by atoms with van der Waals surface area (Å²) in [6.45, 7) is -0.389. The number of anilines is 1. The van der Waals surface area contributed by atoms with Crippen molar-refractivity contribution < 1.29 is 19.1 Å². The van der Waals surface area contributed by atoms with Crippen LogP contribution in [0.3, 0.4) is 0 Å². The summed E-state index contributed by atoms with van der Waals surface area (Å²) in [5.41, 5.74) is 2.15. The van der Waals surface area contributed by atoms with Gasteiger partial charge in [-0.2, -0.15) is 11.3 Å².